The molecule has 2 aromatic heterocycles. The van der Waals surface area contributed by atoms with Crippen LogP contribution in [0.3, 0.4) is 0 Å². The Morgan fingerprint density at radius 2 is 0.953 bits per heavy atom. The third-order valence-electron chi connectivity index (χ3n) is 8.65. The molecule has 0 saturated carbocycles. The fourth-order valence-electron chi connectivity index (χ4n) is 6.67. The normalized spacial score (nSPS) is 11.7. The van der Waals surface area contributed by atoms with Crippen LogP contribution in [0.4, 0.5) is 0 Å². The first-order chi connectivity index (χ1) is 21.3. The molecule has 43 heavy (non-hydrogen) atoms. The van der Waals surface area contributed by atoms with Crippen LogP contribution in [-0.4, -0.2) is 4.98 Å². The molecular formula is C41H25NS. The minimum Gasteiger partial charge on any atom is -0.246 e. The summed E-state index contributed by atoms with van der Waals surface area (Å²) in [5.41, 5.74) is 7.95. The zero-order valence-electron chi connectivity index (χ0n) is 23.3. The van der Waals surface area contributed by atoms with Gasteiger partial charge in [-0.3, -0.25) is 0 Å². The highest BCUT2D eigenvalue weighted by Gasteiger charge is 2.17. The lowest BCUT2D eigenvalue weighted by molar-refractivity contribution is 1.41. The number of thiophene rings is 1. The highest BCUT2D eigenvalue weighted by molar-refractivity contribution is 7.26. The van der Waals surface area contributed by atoms with Gasteiger partial charge in [-0.15, -0.1) is 11.3 Å². The van der Waals surface area contributed by atoms with E-state index >= 15 is 0 Å². The summed E-state index contributed by atoms with van der Waals surface area (Å²) in [4.78, 5) is 5.53. The van der Waals surface area contributed by atoms with Crippen LogP contribution < -0.4 is 0 Å². The molecule has 0 aliphatic carbocycles. The van der Waals surface area contributed by atoms with E-state index in [2.05, 4.69) is 152 Å². The topological polar surface area (TPSA) is 12.9 Å². The molecule has 0 fully saturated rings. The van der Waals surface area contributed by atoms with E-state index < -0.39 is 0 Å². The van der Waals surface area contributed by atoms with Crippen molar-refractivity contribution in [2.45, 2.75) is 0 Å². The molecule has 0 amide bonds. The SMILES string of the molecule is c1ccc(-c2cc3c4ccccc4c4ccccc4c3nc2-c2cccc(-c3cccc4c3sc3ccccc34)c2)cc1. The molecule has 0 unspecified atom stereocenters. The van der Waals surface area contributed by atoms with Crippen molar-refractivity contribution in [2.24, 2.45) is 0 Å². The fraction of sp³-hybridized carbons (Fsp3) is 0. The lowest BCUT2D eigenvalue weighted by Crippen LogP contribution is -1.94. The molecule has 9 rings (SSSR count). The van der Waals surface area contributed by atoms with Crippen LogP contribution in [0.25, 0.3) is 86.1 Å². The summed E-state index contributed by atoms with van der Waals surface area (Å²) in [6.45, 7) is 0. The van der Waals surface area contributed by atoms with Gasteiger partial charge >= 0.3 is 0 Å². The quantitative estimate of drug-likeness (QED) is 0.195. The first-order valence-corrected chi connectivity index (χ1v) is 15.5. The zero-order chi connectivity index (χ0) is 28.3. The van der Waals surface area contributed by atoms with Crippen LogP contribution in [-0.2, 0) is 0 Å². The van der Waals surface area contributed by atoms with E-state index in [1.807, 2.05) is 11.3 Å². The monoisotopic (exact) mass is 563 g/mol. The average Bonchev–Trinajstić information content (AvgIpc) is 3.47. The van der Waals surface area contributed by atoms with E-state index in [1.165, 1.54) is 63.8 Å². The smallest absolute Gasteiger partial charge is 0.0794 e. The van der Waals surface area contributed by atoms with Crippen LogP contribution in [0.2, 0.25) is 0 Å². The molecule has 0 bridgehead atoms. The van der Waals surface area contributed by atoms with E-state index in [4.69, 9.17) is 4.98 Å². The van der Waals surface area contributed by atoms with Crippen LogP contribution in [0.1, 0.15) is 0 Å². The summed E-state index contributed by atoms with van der Waals surface area (Å²) < 4.78 is 2.65. The molecule has 0 aliphatic rings. The van der Waals surface area contributed by atoms with Crippen molar-refractivity contribution in [3.05, 3.63) is 152 Å². The van der Waals surface area contributed by atoms with E-state index in [9.17, 15) is 0 Å². The van der Waals surface area contributed by atoms with Gasteiger partial charge in [0.15, 0.2) is 0 Å². The maximum Gasteiger partial charge on any atom is 0.0794 e. The van der Waals surface area contributed by atoms with Gasteiger partial charge in [-0.1, -0.05) is 133 Å². The molecular weight excluding hydrogens is 539 g/mol. The highest BCUT2D eigenvalue weighted by atomic mass is 32.1. The van der Waals surface area contributed by atoms with Gasteiger partial charge in [0.05, 0.1) is 11.2 Å². The van der Waals surface area contributed by atoms with Crippen LogP contribution in [0, 0.1) is 0 Å². The number of fused-ring (bicyclic) bond motifs is 9. The summed E-state index contributed by atoms with van der Waals surface area (Å²) in [5, 5.41) is 8.74. The molecule has 1 nitrogen and oxygen atoms in total. The second kappa shape index (κ2) is 9.62. The second-order valence-corrected chi connectivity index (χ2v) is 12.2. The summed E-state index contributed by atoms with van der Waals surface area (Å²) in [5.74, 6) is 0. The average molecular weight is 564 g/mol. The molecule has 0 aliphatic heterocycles. The molecule has 9 aromatic rings. The number of nitrogens with zero attached hydrogens (tertiary/aromatic N) is 1. The van der Waals surface area contributed by atoms with E-state index in [-0.39, 0.29) is 0 Å². The molecule has 0 N–H and O–H groups in total. The van der Waals surface area contributed by atoms with Gasteiger partial charge in [-0.25, -0.2) is 4.98 Å². The summed E-state index contributed by atoms with van der Waals surface area (Å²) >= 11 is 1.87. The van der Waals surface area contributed by atoms with Gasteiger partial charge in [-0.05, 0) is 51.0 Å². The van der Waals surface area contributed by atoms with Crippen molar-refractivity contribution < 1.29 is 0 Å². The third kappa shape index (κ3) is 3.81. The number of hydrogen-bond donors (Lipinski definition) is 0. The predicted molar refractivity (Wildman–Crippen MR) is 186 cm³/mol. The van der Waals surface area contributed by atoms with Crippen LogP contribution in [0.5, 0.6) is 0 Å². The molecule has 2 heteroatoms. The number of rotatable bonds is 3. The largest absolute Gasteiger partial charge is 0.246 e. The van der Waals surface area contributed by atoms with Crippen molar-refractivity contribution in [2.75, 3.05) is 0 Å². The van der Waals surface area contributed by atoms with Crippen molar-refractivity contribution in [3.8, 4) is 33.5 Å². The number of benzene rings is 7. The van der Waals surface area contributed by atoms with Crippen molar-refractivity contribution in [1.29, 1.82) is 0 Å². The van der Waals surface area contributed by atoms with Gasteiger partial charge in [0.1, 0.15) is 0 Å². The maximum absolute atomic E-state index is 5.53. The lowest BCUT2D eigenvalue weighted by atomic mass is 9.92. The van der Waals surface area contributed by atoms with Crippen molar-refractivity contribution in [3.63, 3.8) is 0 Å². The third-order valence-corrected chi connectivity index (χ3v) is 9.87. The summed E-state index contributed by atoms with van der Waals surface area (Å²) in [6.07, 6.45) is 0. The standard InChI is InChI=1S/C41H25NS/c1-2-12-26(13-3-1)36-25-37-32-18-5-4-16-30(32)31-17-6-7-20-34(31)40(37)42-39(36)28-15-10-14-27(24-28)29-21-11-22-35-33-19-8-9-23-38(33)43-41(29)35/h1-25H. The highest BCUT2D eigenvalue weighted by Crippen LogP contribution is 2.43. The van der Waals surface area contributed by atoms with Gasteiger partial charge < -0.3 is 0 Å². The van der Waals surface area contributed by atoms with Gasteiger partial charge in [0.2, 0.25) is 0 Å². The minimum absolute atomic E-state index is 1.00. The first-order valence-electron chi connectivity index (χ1n) is 14.6. The molecule has 2 heterocycles. The Morgan fingerprint density at radius 3 is 1.77 bits per heavy atom. The summed E-state index contributed by atoms with van der Waals surface area (Å²) in [6, 6.07) is 54.8. The van der Waals surface area contributed by atoms with Crippen molar-refractivity contribution in [1.82, 2.24) is 4.98 Å². The molecule has 0 radical (unpaired) electrons. The van der Waals surface area contributed by atoms with Crippen LogP contribution >= 0.6 is 11.3 Å². The Morgan fingerprint density at radius 1 is 0.372 bits per heavy atom. The molecule has 7 aromatic carbocycles. The van der Waals surface area contributed by atoms with Gasteiger partial charge in [-0.2, -0.15) is 0 Å². The van der Waals surface area contributed by atoms with Gasteiger partial charge in [0, 0.05) is 42.1 Å². The number of hydrogen-bond acceptors (Lipinski definition) is 2. The fourth-order valence-corrected chi connectivity index (χ4v) is 7.91. The Hall–Kier alpha value is -5.31. The second-order valence-electron chi connectivity index (χ2n) is 11.1. The molecule has 200 valence electrons. The minimum atomic E-state index is 1.00. The molecule has 0 spiro atoms. The first kappa shape index (κ1) is 24.3. The van der Waals surface area contributed by atoms with E-state index in [0.29, 0.717) is 0 Å². The van der Waals surface area contributed by atoms with Crippen LogP contribution in [0.15, 0.2) is 152 Å². The number of aromatic nitrogens is 1. The summed E-state index contributed by atoms with van der Waals surface area (Å²) in [7, 11) is 0. The van der Waals surface area contributed by atoms with Crippen molar-refractivity contribution >= 4 is 64.0 Å². The predicted octanol–water partition coefficient (Wildman–Crippen LogP) is 11.9. The molecule has 0 atom stereocenters. The Balaban J connectivity index is 1.34. The number of pyridine rings is 1. The van der Waals surface area contributed by atoms with Gasteiger partial charge in [0.25, 0.3) is 0 Å². The lowest BCUT2D eigenvalue weighted by Gasteiger charge is -2.16. The maximum atomic E-state index is 5.53. The Kier molecular flexibility index (Phi) is 5.44. The van der Waals surface area contributed by atoms with E-state index in [1.54, 1.807) is 0 Å². The molecule has 0 saturated heterocycles. The Labute approximate surface area is 253 Å². The zero-order valence-corrected chi connectivity index (χ0v) is 24.1. The van der Waals surface area contributed by atoms with E-state index in [0.717, 1.165) is 22.3 Å². The Bertz CT molecular complexity index is 2510.